The number of hydrogen-bond acceptors (Lipinski definition) is 4. The maximum Gasteiger partial charge on any atom is 0.236 e. The fourth-order valence-electron chi connectivity index (χ4n) is 5.04. The second-order valence-corrected chi connectivity index (χ2v) is 9.91. The molecule has 1 fully saturated rings. The van der Waals surface area contributed by atoms with Crippen LogP contribution in [-0.2, 0) is 4.79 Å². The van der Waals surface area contributed by atoms with Gasteiger partial charge in [-0.25, -0.2) is 0 Å². The van der Waals surface area contributed by atoms with E-state index in [1.807, 2.05) is 80.3 Å². The summed E-state index contributed by atoms with van der Waals surface area (Å²) in [5.74, 6) is 0.555. The highest BCUT2D eigenvalue weighted by Crippen LogP contribution is 2.50. The van der Waals surface area contributed by atoms with Crippen molar-refractivity contribution in [2.75, 3.05) is 17.3 Å². The Kier molecular flexibility index (Phi) is 5.85. The van der Waals surface area contributed by atoms with Crippen molar-refractivity contribution in [1.29, 1.82) is 0 Å². The van der Waals surface area contributed by atoms with Gasteiger partial charge in [-0.2, -0.15) is 0 Å². The Hall–Kier alpha value is -3.29. The fourth-order valence-corrected chi connectivity index (χ4v) is 5.63. The zero-order chi connectivity index (χ0) is 24.9. The van der Waals surface area contributed by atoms with Gasteiger partial charge in [0.2, 0.25) is 5.91 Å². The van der Waals surface area contributed by atoms with Gasteiger partial charge in [0, 0.05) is 22.0 Å². The van der Waals surface area contributed by atoms with Gasteiger partial charge in [-0.3, -0.25) is 9.69 Å². The first kappa shape index (κ1) is 23.5. The molecule has 0 spiro atoms. The van der Waals surface area contributed by atoms with Crippen molar-refractivity contribution in [3.05, 3.63) is 82.4 Å². The van der Waals surface area contributed by atoms with E-state index >= 15 is 0 Å². The van der Waals surface area contributed by atoms with Gasteiger partial charge >= 0.3 is 0 Å². The number of ether oxygens (including phenoxy) is 2. The van der Waals surface area contributed by atoms with Crippen LogP contribution in [0, 0.1) is 19.8 Å². The molecule has 1 saturated heterocycles. The molecule has 0 aliphatic carbocycles. The Morgan fingerprint density at radius 2 is 1.89 bits per heavy atom. The molecule has 180 valence electrons. The molecule has 2 bridgehead atoms. The van der Waals surface area contributed by atoms with E-state index in [4.69, 9.17) is 33.3 Å². The lowest BCUT2D eigenvalue weighted by atomic mass is 9.78. The first-order valence-electron chi connectivity index (χ1n) is 11.3. The molecule has 35 heavy (non-hydrogen) atoms. The summed E-state index contributed by atoms with van der Waals surface area (Å²) in [5.41, 5.74) is 3.36. The van der Waals surface area contributed by atoms with E-state index in [9.17, 15) is 4.79 Å². The Morgan fingerprint density at radius 3 is 2.57 bits per heavy atom. The highest BCUT2D eigenvalue weighted by atomic mass is 35.5. The number of fused-ring (bicyclic) bond motifs is 4. The van der Waals surface area contributed by atoms with E-state index in [1.54, 1.807) is 13.2 Å². The van der Waals surface area contributed by atoms with Crippen molar-refractivity contribution in [1.82, 2.24) is 5.32 Å². The number of amides is 1. The van der Waals surface area contributed by atoms with E-state index in [0.29, 0.717) is 15.9 Å². The summed E-state index contributed by atoms with van der Waals surface area (Å²) in [4.78, 5) is 15.8. The maximum atomic E-state index is 13.9. The molecule has 0 saturated carbocycles. The molecule has 2 N–H and O–H groups in total. The topological polar surface area (TPSA) is 62.8 Å². The highest BCUT2D eigenvalue weighted by Gasteiger charge is 2.59. The van der Waals surface area contributed by atoms with Crippen LogP contribution in [0.2, 0.25) is 5.02 Å². The Morgan fingerprint density at radius 1 is 1.14 bits per heavy atom. The zero-order valence-electron chi connectivity index (χ0n) is 19.9. The number of nitrogens with one attached hydrogen (secondary N) is 2. The van der Waals surface area contributed by atoms with Gasteiger partial charge in [-0.15, -0.1) is 0 Å². The SMILES string of the molecule is COc1ccc(N2C(=S)N[C@H]3c4cc(Cl)ccc4O[C@@]2(C)[C@H]3C(=O)Nc2ccc(C)cc2C)cc1. The largest absolute Gasteiger partial charge is 0.497 e. The third-order valence-electron chi connectivity index (χ3n) is 6.71. The summed E-state index contributed by atoms with van der Waals surface area (Å²) in [6, 6.07) is 18.5. The molecule has 3 atom stereocenters. The summed E-state index contributed by atoms with van der Waals surface area (Å²) in [6.07, 6.45) is 0. The monoisotopic (exact) mass is 507 g/mol. The maximum absolute atomic E-state index is 13.9. The van der Waals surface area contributed by atoms with Crippen LogP contribution in [0.3, 0.4) is 0 Å². The lowest BCUT2D eigenvalue weighted by molar-refractivity contribution is -0.130. The van der Waals surface area contributed by atoms with Crippen molar-refractivity contribution in [2.24, 2.45) is 5.92 Å². The first-order valence-corrected chi connectivity index (χ1v) is 12.1. The van der Waals surface area contributed by atoms with Crippen molar-refractivity contribution < 1.29 is 14.3 Å². The van der Waals surface area contributed by atoms with Crippen LogP contribution in [-0.4, -0.2) is 23.9 Å². The van der Waals surface area contributed by atoms with Gasteiger partial charge in [0.15, 0.2) is 10.8 Å². The summed E-state index contributed by atoms with van der Waals surface area (Å²) in [7, 11) is 1.62. The minimum absolute atomic E-state index is 0.177. The minimum Gasteiger partial charge on any atom is -0.497 e. The van der Waals surface area contributed by atoms with Crippen LogP contribution in [0.1, 0.15) is 29.7 Å². The second-order valence-electron chi connectivity index (χ2n) is 9.08. The zero-order valence-corrected chi connectivity index (χ0v) is 21.5. The molecule has 2 aliphatic rings. The number of thiocarbonyl (C=S) groups is 1. The number of carbonyl (C=O) groups excluding carboxylic acids is 1. The Balaban J connectivity index is 1.61. The van der Waals surface area contributed by atoms with E-state index < -0.39 is 17.7 Å². The van der Waals surface area contributed by atoms with Crippen LogP contribution in [0.15, 0.2) is 60.7 Å². The van der Waals surface area contributed by atoms with E-state index in [1.165, 1.54) is 0 Å². The lowest BCUT2D eigenvalue weighted by Crippen LogP contribution is -2.72. The third kappa shape index (κ3) is 3.98. The molecule has 3 aromatic rings. The predicted octanol–water partition coefficient (Wildman–Crippen LogP) is 5.76. The van der Waals surface area contributed by atoms with Gasteiger partial charge < -0.3 is 20.1 Å². The van der Waals surface area contributed by atoms with Crippen molar-refractivity contribution in [3.63, 3.8) is 0 Å². The number of carbonyl (C=O) groups is 1. The van der Waals surface area contributed by atoms with Gasteiger partial charge in [0.1, 0.15) is 17.4 Å². The molecule has 0 unspecified atom stereocenters. The highest BCUT2D eigenvalue weighted by molar-refractivity contribution is 7.80. The molecule has 5 rings (SSSR count). The number of hydrogen-bond donors (Lipinski definition) is 2. The molecular weight excluding hydrogens is 482 g/mol. The summed E-state index contributed by atoms with van der Waals surface area (Å²) in [5, 5.41) is 7.56. The number of aryl methyl sites for hydroxylation is 2. The molecule has 2 aliphatic heterocycles. The summed E-state index contributed by atoms with van der Waals surface area (Å²) < 4.78 is 11.9. The number of rotatable bonds is 4. The Labute approximate surface area is 215 Å². The standard InChI is InChI=1S/C27H26ClN3O3S/c1-15-5-11-21(16(2)13-15)29-25(32)23-24-20-14-17(28)6-12-22(20)34-27(23,3)31(26(35)30-24)18-7-9-19(33-4)10-8-18/h5-14,23-24H,1-4H3,(H,29,32)(H,30,35)/t23-,24+,27+/m1/s1. The van der Waals surface area contributed by atoms with Gasteiger partial charge in [-0.1, -0.05) is 29.3 Å². The van der Waals surface area contributed by atoms with Crippen LogP contribution in [0.25, 0.3) is 0 Å². The van der Waals surface area contributed by atoms with E-state index in [-0.39, 0.29) is 5.91 Å². The molecule has 0 radical (unpaired) electrons. The fraction of sp³-hybridized carbons (Fsp3) is 0.259. The average Bonchev–Trinajstić information content (AvgIpc) is 2.81. The van der Waals surface area contributed by atoms with E-state index in [0.717, 1.165) is 33.8 Å². The van der Waals surface area contributed by atoms with Crippen LogP contribution < -0.4 is 25.0 Å². The van der Waals surface area contributed by atoms with Crippen LogP contribution >= 0.6 is 23.8 Å². The van der Waals surface area contributed by atoms with Crippen LogP contribution in [0.5, 0.6) is 11.5 Å². The van der Waals surface area contributed by atoms with Gasteiger partial charge in [-0.05, 0) is 87.1 Å². The van der Waals surface area contributed by atoms with Crippen molar-refractivity contribution >= 4 is 46.2 Å². The summed E-state index contributed by atoms with van der Waals surface area (Å²) >= 11 is 12.1. The normalized spacial score (nSPS) is 22.5. The molecule has 2 heterocycles. The second kappa shape index (κ2) is 8.73. The molecule has 0 aromatic heterocycles. The van der Waals surface area contributed by atoms with E-state index in [2.05, 4.69) is 10.6 Å². The number of nitrogens with zero attached hydrogens (tertiary/aromatic N) is 1. The number of methoxy groups -OCH3 is 1. The van der Waals surface area contributed by atoms with Crippen molar-refractivity contribution in [3.8, 4) is 11.5 Å². The quantitative estimate of drug-likeness (QED) is 0.437. The van der Waals surface area contributed by atoms with Crippen LogP contribution in [0.4, 0.5) is 11.4 Å². The molecule has 6 nitrogen and oxygen atoms in total. The molecule has 8 heteroatoms. The first-order chi connectivity index (χ1) is 16.7. The third-order valence-corrected chi connectivity index (χ3v) is 7.25. The predicted molar refractivity (Wildman–Crippen MR) is 142 cm³/mol. The lowest BCUT2D eigenvalue weighted by Gasteiger charge is -2.56. The summed E-state index contributed by atoms with van der Waals surface area (Å²) in [6.45, 7) is 5.91. The smallest absolute Gasteiger partial charge is 0.236 e. The number of halogens is 1. The molecular formula is C27H26ClN3O3S. The average molecular weight is 508 g/mol. The Bertz CT molecular complexity index is 1330. The van der Waals surface area contributed by atoms with Gasteiger partial charge in [0.25, 0.3) is 0 Å². The van der Waals surface area contributed by atoms with Gasteiger partial charge in [0.05, 0.1) is 13.2 Å². The number of anilines is 2. The number of benzene rings is 3. The molecule has 1 amide bonds. The molecule has 3 aromatic carbocycles. The minimum atomic E-state index is -1.11. The van der Waals surface area contributed by atoms with Crippen molar-refractivity contribution in [2.45, 2.75) is 32.5 Å².